The minimum atomic E-state index is -0.129. The van der Waals surface area contributed by atoms with E-state index < -0.39 is 0 Å². The van der Waals surface area contributed by atoms with Crippen molar-refractivity contribution in [2.45, 2.75) is 25.8 Å². The zero-order valence-electron chi connectivity index (χ0n) is 8.94. The van der Waals surface area contributed by atoms with Crippen molar-refractivity contribution in [1.82, 2.24) is 10.3 Å². The van der Waals surface area contributed by atoms with Gasteiger partial charge in [-0.2, -0.15) is 0 Å². The second-order valence-electron chi connectivity index (χ2n) is 3.37. The summed E-state index contributed by atoms with van der Waals surface area (Å²) in [6, 6.07) is 5.43. The van der Waals surface area contributed by atoms with Crippen LogP contribution in [0.15, 0.2) is 24.4 Å². The van der Waals surface area contributed by atoms with Gasteiger partial charge < -0.3 is 11.1 Å². The summed E-state index contributed by atoms with van der Waals surface area (Å²) in [5, 5.41) is 2.90. The molecule has 4 nitrogen and oxygen atoms in total. The van der Waals surface area contributed by atoms with Crippen LogP contribution in [0.4, 0.5) is 0 Å². The molecule has 0 bridgehead atoms. The number of carbonyl (C=O) groups is 1. The lowest BCUT2D eigenvalue weighted by atomic mass is 10.1. The Kier molecular flexibility index (Phi) is 4.77. The first-order chi connectivity index (χ1) is 7.27. The second kappa shape index (κ2) is 6.14. The molecule has 1 atom stereocenters. The SMILES string of the molecule is CCC(CCN)NC(=O)c1ccccn1. The van der Waals surface area contributed by atoms with Gasteiger partial charge in [-0.1, -0.05) is 13.0 Å². The van der Waals surface area contributed by atoms with Crippen LogP contribution in [0.25, 0.3) is 0 Å². The third-order valence-electron chi connectivity index (χ3n) is 2.24. The van der Waals surface area contributed by atoms with Crippen LogP contribution in [0.2, 0.25) is 0 Å². The number of pyridine rings is 1. The number of carbonyl (C=O) groups excluding carboxylic acids is 1. The molecule has 1 rings (SSSR count). The molecule has 0 aliphatic heterocycles. The van der Waals surface area contributed by atoms with Crippen molar-refractivity contribution in [3.63, 3.8) is 0 Å². The van der Waals surface area contributed by atoms with Crippen LogP contribution in [0, 0.1) is 0 Å². The molecule has 82 valence electrons. The molecule has 15 heavy (non-hydrogen) atoms. The number of hydrogen-bond acceptors (Lipinski definition) is 3. The van der Waals surface area contributed by atoms with Crippen LogP contribution in [0.1, 0.15) is 30.3 Å². The number of amides is 1. The fraction of sp³-hybridized carbons (Fsp3) is 0.455. The van der Waals surface area contributed by atoms with E-state index in [0.717, 1.165) is 12.8 Å². The lowest BCUT2D eigenvalue weighted by Crippen LogP contribution is -2.36. The van der Waals surface area contributed by atoms with Crippen LogP contribution >= 0.6 is 0 Å². The van der Waals surface area contributed by atoms with Gasteiger partial charge >= 0.3 is 0 Å². The Morgan fingerprint density at radius 3 is 2.93 bits per heavy atom. The van der Waals surface area contributed by atoms with Crippen molar-refractivity contribution in [3.8, 4) is 0 Å². The van der Waals surface area contributed by atoms with Crippen LogP contribution in [0.5, 0.6) is 0 Å². The molecule has 0 saturated heterocycles. The highest BCUT2D eigenvalue weighted by molar-refractivity contribution is 5.92. The number of rotatable bonds is 5. The fourth-order valence-electron chi connectivity index (χ4n) is 1.34. The predicted molar refractivity (Wildman–Crippen MR) is 59.5 cm³/mol. The molecule has 1 aromatic rings. The van der Waals surface area contributed by atoms with Crippen molar-refractivity contribution in [3.05, 3.63) is 30.1 Å². The Labute approximate surface area is 89.9 Å². The van der Waals surface area contributed by atoms with Gasteiger partial charge in [-0.3, -0.25) is 9.78 Å². The number of nitrogens with zero attached hydrogens (tertiary/aromatic N) is 1. The van der Waals surface area contributed by atoms with Gasteiger partial charge in [0, 0.05) is 12.2 Å². The zero-order valence-corrected chi connectivity index (χ0v) is 8.94. The van der Waals surface area contributed by atoms with Crippen LogP contribution < -0.4 is 11.1 Å². The van der Waals surface area contributed by atoms with Crippen molar-refractivity contribution < 1.29 is 4.79 Å². The van der Waals surface area contributed by atoms with Gasteiger partial charge in [0.2, 0.25) is 0 Å². The first-order valence-corrected chi connectivity index (χ1v) is 5.20. The molecule has 0 aliphatic rings. The fourth-order valence-corrected chi connectivity index (χ4v) is 1.34. The molecule has 0 aliphatic carbocycles. The molecule has 0 fully saturated rings. The lowest BCUT2D eigenvalue weighted by molar-refractivity contribution is 0.0929. The Morgan fingerprint density at radius 2 is 2.40 bits per heavy atom. The highest BCUT2D eigenvalue weighted by Gasteiger charge is 2.11. The summed E-state index contributed by atoms with van der Waals surface area (Å²) in [4.78, 5) is 15.7. The number of hydrogen-bond donors (Lipinski definition) is 2. The molecule has 3 N–H and O–H groups in total. The average molecular weight is 207 g/mol. The van der Waals surface area contributed by atoms with Gasteiger partial charge in [-0.15, -0.1) is 0 Å². The summed E-state index contributed by atoms with van der Waals surface area (Å²) in [6.45, 7) is 2.61. The van der Waals surface area contributed by atoms with Gasteiger partial charge in [0.1, 0.15) is 5.69 Å². The van der Waals surface area contributed by atoms with Crippen molar-refractivity contribution >= 4 is 5.91 Å². The first-order valence-electron chi connectivity index (χ1n) is 5.20. The Bertz CT molecular complexity index is 300. The monoisotopic (exact) mass is 207 g/mol. The van der Waals surface area contributed by atoms with E-state index in [1.54, 1.807) is 24.4 Å². The van der Waals surface area contributed by atoms with E-state index in [1.165, 1.54) is 0 Å². The third-order valence-corrected chi connectivity index (χ3v) is 2.24. The summed E-state index contributed by atoms with van der Waals surface area (Å²) in [5.41, 5.74) is 5.90. The van der Waals surface area contributed by atoms with E-state index in [-0.39, 0.29) is 11.9 Å². The number of nitrogens with one attached hydrogen (secondary N) is 1. The molecular formula is C11H17N3O. The van der Waals surface area contributed by atoms with Crippen molar-refractivity contribution in [2.24, 2.45) is 5.73 Å². The molecule has 1 unspecified atom stereocenters. The van der Waals surface area contributed by atoms with E-state index in [1.807, 2.05) is 6.92 Å². The summed E-state index contributed by atoms with van der Waals surface area (Å²) in [7, 11) is 0. The smallest absolute Gasteiger partial charge is 0.270 e. The Hall–Kier alpha value is -1.42. The van der Waals surface area contributed by atoms with Gasteiger partial charge in [0.05, 0.1) is 0 Å². The molecule has 1 aromatic heterocycles. The number of aromatic nitrogens is 1. The molecule has 1 amide bonds. The van der Waals surface area contributed by atoms with Gasteiger partial charge in [0.25, 0.3) is 5.91 Å². The highest BCUT2D eigenvalue weighted by Crippen LogP contribution is 1.99. The van der Waals surface area contributed by atoms with E-state index >= 15 is 0 Å². The minimum Gasteiger partial charge on any atom is -0.348 e. The molecule has 4 heteroatoms. The molecular weight excluding hydrogens is 190 g/mol. The molecule has 0 radical (unpaired) electrons. The molecule has 1 heterocycles. The summed E-state index contributed by atoms with van der Waals surface area (Å²) >= 11 is 0. The largest absolute Gasteiger partial charge is 0.348 e. The maximum atomic E-state index is 11.7. The molecule has 0 spiro atoms. The van der Waals surface area contributed by atoms with E-state index in [9.17, 15) is 4.79 Å². The lowest BCUT2D eigenvalue weighted by Gasteiger charge is -2.15. The first kappa shape index (κ1) is 11.7. The number of nitrogens with two attached hydrogens (primary N) is 1. The summed E-state index contributed by atoms with van der Waals surface area (Å²) < 4.78 is 0. The molecule has 0 aromatic carbocycles. The van der Waals surface area contributed by atoms with E-state index in [2.05, 4.69) is 10.3 Å². The average Bonchev–Trinajstić information content (AvgIpc) is 2.29. The third kappa shape index (κ3) is 3.67. The maximum absolute atomic E-state index is 11.7. The van der Waals surface area contributed by atoms with Gasteiger partial charge in [-0.05, 0) is 31.5 Å². The summed E-state index contributed by atoms with van der Waals surface area (Å²) in [6.07, 6.45) is 3.30. The Morgan fingerprint density at radius 1 is 1.60 bits per heavy atom. The minimum absolute atomic E-state index is 0.129. The topological polar surface area (TPSA) is 68.0 Å². The highest BCUT2D eigenvalue weighted by atomic mass is 16.1. The van der Waals surface area contributed by atoms with Crippen LogP contribution in [0.3, 0.4) is 0 Å². The van der Waals surface area contributed by atoms with E-state index in [4.69, 9.17) is 5.73 Å². The van der Waals surface area contributed by atoms with Crippen molar-refractivity contribution in [2.75, 3.05) is 6.54 Å². The predicted octanol–water partition coefficient (Wildman–Crippen LogP) is 0.939. The quantitative estimate of drug-likeness (QED) is 0.755. The van der Waals surface area contributed by atoms with Gasteiger partial charge in [-0.25, -0.2) is 0 Å². The van der Waals surface area contributed by atoms with Crippen LogP contribution in [-0.2, 0) is 0 Å². The molecule has 0 saturated carbocycles. The second-order valence-corrected chi connectivity index (χ2v) is 3.37. The standard InChI is InChI=1S/C11H17N3O/c1-2-9(6-7-12)14-11(15)10-5-3-4-8-13-10/h3-5,8-9H,2,6-7,12H2,1H3,(H,14,15). The maximum Gasteiger partial charge on any atom is 0.270 e. The van der Waals surface area contributed by atoms with Gasteiger partial charge in [0.15, 0.2) is 0 Å². The zero-order chi connectivity index (χ0) is 11.1. The Balaban J connectivity index is 2.55. The normalized spacial score (nSPS) is 12.1. The summed E-state index contributed by atoms with van der Waals surface area (Å²) in [5.74, 6) is -0.129. The van der Waals surface area contributed by atoms with E-state index in [0.29, 0.717) is 12.2 Å². The van der Waals surface area contributed by atoms with Crippen LogP contribution in [-0.4, -0.2) is 23.5 Å². The van der Waals surface area contributed by atoms with Crippen molar-refractivity contribution in [1.29, 1.82) is 0 Å².